The van der Waals surface area contributed by atoms with Gasteiger partial charge in [0.15, 0.2) is 0 Å². The molecule has 1 N–H and O–H groups in total. The number of hydrogen-bond donors (Lipinski definition) is 1. The van der Waals surface area contributed by atoms with E-state index >= 15 is 0 Å². The van der Waals surface area contributed by atoms with Crippen LogP contribution in [0.5, 0.6) is 5.75 Å². The highest BCUT2D eigenvalue weighted by atomic mass is 16.5. The predicted octanol–water partition coefficient (Wildman–Crippen LogP) is 4.24. The summed E-state index contributed by atoms with van der Waals surface area (Å²) in [6.07, 6.45) is 2.62. The molecule has 4 rings (SSSR count). The lowest BCUT2D eigenvalue weighted by Crippen LogP contribution is -2.45. The Labute approximate surface area is 196 Å². The maximum atomic E-state index is 13.2. The average Bonchev–Trinajstić information content (AvgIpc) is 3.19. The molecule has 0 bridgehead atoms. The number of hydrogen-bond acceptors (Lipinski definition) is 4. The monoisotopic (exact) mass is 446 g/mol. The molecule has 1 amide bonds. The number of nitrogens with zero attached hydrogens (tertiary/aromatic N) is 3. The molecule has 2 atom stereocenters. The van der Waals surface area contributed by atoms with Crippen molar-refractivity contribution in [2.24, 2.45) is 0 Å². The number of benzene rings is 2. The second kappa shape index (κ2) is 10.2. The highest BCUT2D eigenvalue weighted by Gasteiger charge is 2.39. The number of ether oxygens (including phenoxy) is 1. The zero-order chi connectivity index (χ0) is 23.4. The normalized spacial score (nSPS) is 16.8. The van der Waals surface area contributed by atoms with Crippen LogP contribution in [0.4, 0.5) is 0 Å². The topological polar surface area (TPSA) is 59.4 Å². The first-order chi connectivity index (χ1) is 16.1. The molecule has 1 aromatic heterocycles. The van der Waals surface area contributed by atoms with Gasteiger partial charge in [-0.2, -0.15) is 5.10 Å². The minimum atomic E-state index is -0.351. The molecular formula is C27H34N4O2. The molecule has 0 saturated heterocycles. The van der Waals surface area contributed by atoms with E-state index in [0.29, 0.717) is 0 Å². The van der Waals surface area contributed by atoms with E-state index in [0.717, 1.165) is 49.4 Å². The quantitative estimate of drug-likeness (QED) is 0.562. The molecule has 1 aliphatic heterocycles. The van der Waals surface area contributed by atoms with Crippen molar-refractivity contribution in [2.45, 2.75) is 51.7 Å². The van der Waals surface area contributed by atoms with E-state index in [-0.39, 0.29) is 18.0 Å². The van der Waals surface area contributed by atoms with Crippen LogP contribution in [0.3, 0.4) is 0 Å². The van der Waals surface area contributed by atoms with Crippen molar-refractivity contribution in [1.29, 1.82) is 0 Å². The summed E-state index contributed by atoms with van der Waals surface area (Å²) >= 11 is 0. The molecule has 0 saturated carbocycles. The average molecular weight is 447 g/mol. The molecule has 3 aromatic rings. The molecule has 0 radical (unpaired) electrons. The fourth-order valence-corrected chi connectivity index (χ4v) is 5.24. The number of fused-ring (bicyclic) bond motifs is 1. The first kappa shape index (κ1) is 23.1. The molecule has 6 nitrogen and oxygen atoms in total. The van der Waals surface area contributed by atoms with Gasteiger partial charge in [0, 0.05) is 43.9 Å². The molecule has 1 aliphatic rings. The summed E-state index contributed by atoms with van der Waals surface area (Å²) in [7, 11) is 3.44. The number of amides is 1. The van der Waals surface area contributed by atoms with Gasteiger partial charge in [0.05, 0.1) is 12.8 Å². The van der Waals surface area contributed by atoms with Crippen LogP contribution < -0.4 is 10.1 Å². The predicted molar refractivity (Wildman–Crippen MR) is 130 cm³/mol. The number of para-hydroxylation sites is 1. The number of aryl methyl sites for hydroxylation is 3. The van der Waals surface area contributed by atoms with Crippen LogP contribution in [-0.2, 0) is 24.2 Å². The van der Waals surface area contributed by atoms with E-state index in [1.165, 1.54) is 16.8 Å². The first-order valence-electron chi connectivity index (χ1n) is 11.8. The van der Waals surface area contributed by atoms with Gasteiger partial charge in [-0.05, 0) is 43.9 Å². The van der Waals surface area contributed by atoms with Crippen molar-refractivity contribution >= 4 is 5.91 Å². The Morgan fingerprint density at radius 1 is 1.18 bits per heavy atom. The van der Waals surface area contributed by atoms with Gasteiger partial charge in [0.25, 0.3) is 0 Å². The van der Waals surface area contributed by atoms with Crippen LogP contribution in [0.1, 0.15) is 53.5 Å². The van der Waals surface area contributed by atoms with E-state index in [4.69, 9.17) is 9.84 Å². The van der Waals surface area contributed by atoms with E-state index in [1.807, 2.05) is 30.3 Å². The van der Waals surface area contributed by atoms with E-state index in [1.54, 1.807) is 14.2 Å². The Kier molecular flexibility index (Phi) is 7.14. The highest BCUT2D eigenvalue weighted by Crippen LogP contribution is 2.41. The summed E-state index contributed by atoms with van der Waals surface area (Å²) in [6, 6.07) is 18.0. The molecular weight excluding hydrogens is 412 g/mol. The SMILES string of the molecule is CCn1nc(C)c2c1CCN(C(C(=O)NC)c1ccccc1)C2CCc1ccccc1OC. The molecule has 0 spiro atoms. The number of methoxy groups -OCH3 is 1. The Hall–Kier alpha value is -3.12. The molecule has 2 aromatic carbocycles. The maximum Gasteiger partial charge on any atom is 0.241 e. The van der Waals surface area contributed by atoms with Gasteiger partial charge in [0.1, 0.15) is 11.8 Å². The maximum absolute atomic E-state index is 13.2. The van der Waals surface area contributed by atoms with Crippen LogP contribution in [0, 0.1) is 6.92 Å². The van der Waals surface area contributed by atoms with Crippen molar-refractivity contribution in [3.8, 4) is 5.75 Å². The number of carbonyl (C=O) groups is 1. The van der Waals surface area contributed by atoms with E-state index in [9.17, 15) is 4.79 Å². The Bertz CT molecular complexity index is 1090. The Morgan fingerprint density at radius 2 is 1.91 bits per heavy atom. The van der Waals surface area contributed by atoms with Crippen molar-refractivity contribution in [3.05, 3.63) is 82.7 Å². The van der Waals surface area contributed by atoms with Gasteiger partial charge >= 0.3 is 0 Å². The summed E-state index contributed by atoms with van der Waals surface area (Å²) in [5, 5.41) is 7.75. The molecule has 2 heterocycles. The van der Waals surface area contributed by atoms with Crippen molar-refractivity contribution < 1.29 is 9.53 Å². The zero-order valence-electron chi connectivity index (χ0n) is 20.0. The van der Waals surface area contributed by atoms with Gasteiger partial charge in [-0.3, -0.25) is 14.4 Å². The van der Waals surface area contributed by atoms with Crippen LogP contribution in [0.25, 0.3) is 0 Å². The molecule has 2 unspecified atom stereocenters. The lowest BCUT2D eigenvalue weighted by atomic mass is 9.88. The van der Waals surface area contributed by atoms with Crippen LogP contribution >= 0.6 is 0 Å². The van der Waals surface area contributed by atoms with Gasteiger partial charge in [0.2, 0.25) is 5.91 Å². The third kappa shape index (κ3) is 4.53. The second-order valence-corrected chi connectivity index (χ2v) is 8.54. The van der Waals surface area contributed by atoms with Crippen molar-refractivity contribution in [1.82, 2.24) is 20.0 Å². The second-order valence-electron chi connectivity index (χ2n) is 8.54. The third-order valence-electron chi connectivity index (χ3n) is 6.74. The Balaban J connectivity index is 1.76. The van der Waals surface area contributed by atoms with Crippen LogP contribution in [0.2, 0.25) is 0 Å². The van der Waals surface area contributed by atoms with Gasteiger partial charge in [-0.1, -0.05) is 48.5 Å². The first-order valence-corrected chi connectivity index (χ1v) is 11.8. The number of likely N-dealkylation sites (N-methyl/N-ethyl adjacent to an activating group) is 1. The number of carbonyl (C=O) groups excluding carboxylic acids is 1. The van der Waals surface area contributed by atoms with Crippen LogP contribution in [0.15, 0.2) is 54.6 Å². The standard InChI is InChI=1S/C27H34N4O2/c1-5-31-23-17-18-30(26(27(32)28-3)21-12-7-6-8-13-21)22(25(23)19(2)29-31)16-15-20-11-9-10-14-24(20)33-4/h6-14,22,26H,5,15-18H2,1-4H3,(H,28,32). The van der Waals surface area contributed by atoms with Crippen molar-refractivity contribution in [2.75, 3.05) is 20.7 Å². The number of rotatable bonds is 8. The van der Waals surface area contributed by atoms with Gasteiger partial charge < -0.3 is 10.1 Å². The molecule has 6 heteroatoms. The zero-order valence-corrected chi connectivity index (χ0v) is 20.0. The van der Waals surface area contributed by atoms with Crippen molar-refractivity contribution in [3.63, 3.8) is 0 Å². The summed E-state index contributed by atoms with van der Waals surface area (Å²) in [5.41, 5.74) is 5.85. The third-order valence-corrected chi connectivity index (χ3v) is 6.74. The number of aromatic nitrogens is 2. The molecule has 33 heavy (non-hydrogen) atoms. The summed E-state index contributed by atoms with van der Waals surface area (Å²) < 4.78 is 7.74. The Morgan fingerprint density at radius 3 is 2.61 bits per heavy atom. The summed E-state index contributed by atoms with van der Waals surface area (Å²) in [6.45, 7) is 5.90. The van der Waals surface area contributed by atoms with E-state index in [2.05, 4.69) is 53.0 Å². The molecule has 0 aliphatic carbocycles. The largest absolute Gasteiger partial charge is 0.496 e. The summed E-state index contributed by atoms with van der Waals surface area (Å²) in [4.78, 5) is 15.6. The van der Waals surface area contributed by atoms with Gasteiger partial charge in [-0.15, -0.1) is 0 Å². The molecule has 0 fully saturated rings. The smallest absolute Gasteiger partial charge is 0.241 e. The fraction of sp³-hybridized carbons (Fsp3) is 0.407. The highest BCUT2D eigenvalue weighted by molar-refractivity contribution is 5.83. The minimum absolute atomic E-state index is 0.0208. The molecule has 174 valence electrons. The van der Waals surface area contributed by atoms with E-state index < -0.39 is 0 Å². The fourth-order valence-electron chi connectivity index (χ4n) is 5.24. The van der Waals surface area contributed by atoms with Crippen LogP contribution in [-0.4, -0.2) is 41.3 Å². The summed E-state index contributed by atoms with van der Waals surface area (Å²) in [5.74, 6) is 0.930. The lowest BCUT2D eigenvalue weighted by Gasteiger charge is -2.41. The minimum Gasteiger partial charge on any atom is -0.496 e. The number of nitrogens with one attached hydrogen (secondary N) is 1. The lowest BCUT2D eigenvalue weighted by molar-refractivity contribution is -0.127. The van der Waals surface area contributed by atoms with Gasteiger partial charge in [-0.25, -0.2) is 0 Å².